The summed E-state index contributed by atoms with van der Waals surface area (Å²) in [7, 11) is 1.67. The SMILES string of the molecule is COc1ccccc1-c1nc(-c2ccc(NC(=O)C(C)C)cc2)c(C)s1. The molecule has 134 valence electrons. The number of hydrogen-bond acceptors (Lipinski definition) is 4. The van der Waals surface area contributed by atoms with E-state index < -0.39 is 0 Å². The molecule has 1 heterocycles. The lowest BCUT2D eigenvalue weighted by molar-refractivity contribution is -0.118. The predicted molar refractivity (Wildman–Crippen MR) is 108 cm³/mol. The van der Waals surface area contributed by atoms with E-state index in [1.54, 1.807) is 18.4 Å². The first-order valence-electron chi connectivity index (χ1n) is 8.51. The van der Waals surface area contributed by atoms with Crippen molar-refractivity contribution in [1.82, 2.24) is 4.98 Å². The summed E-state index contributed by atoms with van der Waals surface area (Å²) < 4.78 is 5.45. The molecule has 1 amide bonds. The largest absolute Gasteiger partial charge is 0.496 e. The highest BCUT2D eigenvalue weighted by molar-refractivity contribution is 7.15. The number of hydrogen-bond donors (Lipinski definition) is 1. The maximum atomic E-state index is 11.8. The van der Waals surface area contributed by atoms with Crippen LogP contribution in [0, 0.1) is 12.8 Å². The van der Waals surface area contributed by atoms with Crippen molar-refractivity contribution in [3.05, 3.63) is 53.4 Å². The number of ether oxygens (including phenoxy) is 1. The van der Waals surface area contributed by atoms with Crippen molar-refractivity contribution >= 4 is 22.9 Å². The number of para-hydroxylation sites is 1. The van der Waals surface area contributed by atoms with E-state index in [0.717, 1.165) is 38.1 Å². The minimum absolute atomic E-state index is 0.0149. The van der Waals surface area contributed by atoms with Gasteiger partial charge in [0.15, 0.2) is 0 Å². The maximum absolute atomic E-state index is 11.8. The Morgan fingerprint density at radius 1 is 1.12 bits per heavy atom. The van der Waals surface area contributed by atoms with E-state index in [1.807, 2.05) is 62.4 Å². The number of carbonyl (C=O) groups excluding carboxylic acids is 1. The third-order valence-electron chi connectivity index (χ3n) is 4.08. The highest BCUT2D eigenvalue weighted by atomic mass is 32.1. The summed E-state index contributed by atoms with van der Waals surface area (Å²) in [5, 5.41) is 3.84. The van der Waals surface area contributed by atoms with Crippen LogP contribution in [-0.2, 0) is 4.79 Å². The first-order chi connectivity index (χ1) is 12.5. The highest BCUT2D eigenvalue weighted by Gasteiger charge is 2.14. The molecule has 0 spiro atoms. The van der Waals surface area contributed by atoms with Gasteiger partial charge in [0.05, 0.1) is 18.4 Å². The topological polar surface area (TPSA) is 51.2 Å². The van der Waals surface area contributed by atoms with Gasteiger partial charge in [-0.2, -0.15) is 0 Å². The highest BCUT2D eigenvalue weighted by Crippen LogP contribution is 2.37. The van der Waals surface area contributed by atoms with E-state index in [9.17, 15) is 4.79 Å². The van der Waals surface area contributed by atoms with E-state index in [0.29, 0.717) is 0 Å². The number of aryl methyl sites for hydroxylation is 1. The summed E-state index contributed by atoms with van der Waals surface area (Å²) in [6.45, 7) is 5.82. The molecule has 4 nitrogen and oxygen atoms in total. The van der Waals surface area contributed by atoms with Crippen molar-refractivity contribution in [2.24, 2.45) is 5.92 Å². The molecule has 1 aromatic heterocycles. The van der Waals surface area contributed by atoms with Crippen LogP contribution in [0.15, 0.2) is 48.5 Å². The second-order valence-electron chi connectivity index (χ2n) is 6.35. The molecule has 0 radical (unpaired) electrons. The van der Waals surface area contributed by atoms with E-state index in [2.05, 4.69) is 12.2 Å². The Morgan fingerprint density at radius 3 is 2.46 bits per heavy atom. The van der Waals surface area contributed by atoms with Gasteiger partial charge in [-0.25, -0.2) is 4.98 Å². The molecule has 0 aliphatic rings. The van der Waals surface area contributed by atoms with Gasteiger partial charge in [-0.3, -0.25) is 4.79 Å². The van der Waals surface area contributed by atoms with Crippen LogP contribution in [0.2, 0.25) is 0 Å². The summed E-state index contributed by atoms with van der Waals surface area (Å²) in [5.41, 5.74) is 3.78. The molecule has 1 N–H and O–H groups in total. The Labute approximate surface area is 157 Å². The molecular formula is C21H22N2O2S. The van der Waals surface area contributed by atoms with Gasteiger partial charge < -0.3 is 10.1 Å². The summed E-state index contributed by atoms with van der Waals surface area (Å²) in [6.07, 6.45) is 0. The number of nitrogens with zero attached hydrogens (tertiary/aromatic N) is 1. The van der Waals surface area contributed by atoms with Crippen LogP contribution in [0.1, 0.15) is 18.7 Å². The van der Waals surface area contributed by atoms with Crippen molar-refractivity contribution < 1.29 is 9.53 Å². The van der Waals surface area contributed by atoms with Crippen LogP contribution in [0.3, 0.4) is 0 Å². The number of methoxy groups -OCH3 is 1. The molecule has 3 aromatic rings. The van der Waals surface area contributed by atoms with Crippen molar-refractivity contribution in [1.29, 1.82) is 0 Å². The van der Waals surface area contributed by atoms with Gasteiger partial charge in [-0.1, -0.05) is 38.1 Å². The van der Waals surface area contributed by atoms with Crippen LogP contribution >= 0.6 is 11.3 Å². The van der Waals surface area contributed by atoms with Crippen LogP contribution in [-0.4, -0.2) is 18.0 Å². The number of benzene rings is 2. The van der Waals surface area contributed by atoms with Crippen molar-refractivity contribution in [2.45, 2.75) is 20.8 Å². The number of anilines is 1. The monoisotopic (exact) mass is 366 g/mol. The normalized spacial score (nSPS) is 10.8. The van der Waals surface area contributed by atoms with E-state index in [-0.39, 0.29) is 11.8 Å². The number of amides is 1. The smallest absolute Gasteiger partial charge is 0.226 e. The van der Waals surface area contributed by atoms with Crippen molar-refractivity contribution in [2.75, 3.05) is 12.4 Å². The summed E-state index contributed by atoms with van der Waals surface area (Å²) in [5.74, 6) is 0.791. The van der Waals surface area contributed by atoms with Gasteiger partial charge >= 0.3 is 0 Å². The zero-order chi connectivity index (χ0) is 18.7. The lowest BCUT2D eigenvalue weighted by atomic mass is 10.1. The molecule has 0 saturated heterocycles. The van der Waals surface area contributed by atoms with Crippen LogP contribution in [0.25, 0.3) is 21.8 Å². The molecule has 0 aliphatic carbocycles. The summed E-state index contributed by atoms with van der Waals surface area (Å²) in [6, 6.07) is 15.7. The Hall–Kier alpha value is -2.66. The molecule has 5 heteroatoms. The fraction of sp³-hybridized carbons (Fsp3) is 0.238. The van der Waals surface area contributed by atoms with Gasteiger partial charge in [0, 0.05) is 22.0 Å². The molecular weight excluding hydrogens is 344 g/mol. The molecule has 2 aromatic carbocycles. The average molecular weight is 366 g/mol. The van der Waals surface area contributed by atoms with Crippen molar-refractivity contribution in [3.8, 4) is 27.6 Å². The summed E-state index contributed by atoms with van der Waals surface area (Å²) in [4.78, 5) is 17.8. The molecule has 0 saturated carbocycles. The molecule has 0 bridgehead atoms. The van der Waals surface area contributed by atoms with Crippen molar-refractivity contribution in [3.63, 3.8) is 0 Å². The standard InChI is InChI=1S/C21H22N2O2S/c1-13(2)20(24)22-16-11-9-15(10-12-16)19-14(3)26-21(23-19)17-7-5-6-8-18(17)25-4/h5-13H,1-4H3,(H,22,24). The molecule has 0 aliphatic heterocycles. The van der Waals surface area contributed by atoms with Gasteiger partial charge in [0.2, 0.25) is 5.91 Å². The van der Waals surface area contributed by atoms with E-state index in [4.69, 9.17) is 9.72 Å². The van der Waals surface area contributed by atoms with Gasteiger partial charge in [0.1, 0.15) is 10.8 Å². The predicted octanol–water partition coefficient (Wildman–Crippen LogP) is 5.39. The maximum Gasteiger partial charge on any atom is 0.226 e. The van der Waals surface area contributed by atoms with E-state index in [1.165, 1.54) is 0 Å². The lowest BCUT2D eigenvalue weighted by Crippen LogP contribution is -2.17. The molecule has 0 fully saturated rings. The number of nitrogens with one attached hydrogen (secondary N) is 1. The van der Waals surface area contributed by atoms with Crippen LogP contribution in [0.5, 0.6) is 5.75 Å². The zero-order valence-electron chi connectivity index (χ0n) is 15.4. The fourth-order valence-corrected chi connectivity index (χ4v) is 3.56. The molecule has 0 unspecified atom stereocenters. The quantitative estimate of drug-likeness (QED) is 0.659. The minimum Gasteiger partial charge on any atom is -0.496 e. The Morgan fingerprint density at radius 2 is 1.81 bits per heavy atom. The first kappa shape index (κ1) is 18.1. The zero-order valence-corrected chi connectivity index (χ0v) is 16.2. The fourth-order valence-electron chi connectivity index (χ4n) is 2.60. The van der Waals surface area contributed by atoms with Gasteiger partial charge in [0.25, 0.3) is 0 Å². The average Bonchev–Trinajstić information content (AvgIpc) is 3.03. The molecule has 3 rings (SSSR count). The number of aromatic nitrogens is 1. The van der Waals surface area contributed by atoms with E-state index >= 15 is 0 Å². The van der Waals surface area contributed by atoms with Gasteiger partial charge in [-0.05, 0) is 31.2 Å². The summed E-state index contributed by atoms with van der Waals surface area (Å²) >= 11 is 1.65. The Balaban J connectivity index is 1.89. The lowest BCUT2D eigenvalue weighted by Gasteiger charge is -2.08. The van der Waals surface area contributed by atoms with Gasteiger partial charge in [-0.15, -0.1) is 11.3 Å². The third kappa shape index (κ3) is 3.78. The molecule has 0 atom stereocenters. The second-order valence-corrected chi connectivity index (χ2v) is 7.55. The minimum atomic E-state index is -0.0427. The number of carbonyl (C=O) groups is 1. The number of thiazole rings is 1. The van der Waals surface area contributed by atoms with Crippen LogP contribution in [0.4, 0.5) is 5.69 Å². The molecule has 26 heavy (non-hydrogen) atoms. The first-order valence-corrected chi connectivity index (χ1v) is 9.33. The third-order valence-corrected chi connectivity index (χ3v) is 5.09. The Bertz CT molecular complexity index is 914. The van der Waals surface area contributed by atoms with Crippen LogP contribution < -0.4 is 10.1 Å². The Kier molecular flexibility index (Phi) is 5.38. The number of rotatable bonds is 5. The second kappa shape index (κ2) is 7.70.